The van der Waals surface area contributed by atoms with Crippen molar-refractivity contribution in [3.05, 3.63) is 83.0 Å². The van der Waals surface area contributed by atoms with E-state index in [2.05, 4.69) is 4.98 Å². The molecule has 2 aliphatic heterocycles. The third-order valence-electron chi connectivity index (χ3n) is 6.61. The number of benzene rings is 2. The fraction of sp³-hybridized carbons (Fsp3) is 0.308. The van der Waals surface area contributed by atoms with E-state index in [1.54, 1.807) is 18.3 Å². The summed E-state index contributed by atoms with van der Waals surface area (Å²) in [4.78, 5) is 19.5. The van der Waals surface area contributed by atoms with Gasteiger partial charge in [0.05, 0.1) is 30.9 Å². The van der Waals surface area contributed by atoms with E-state index in [1.807, 2.05) is 42.0 Å². The number of halogens is 2. The van der Waals surface area contributed by atoms with Gasteiger partial charge in [0.2, 0.25) is 0 Å². The van der Waals surface area contributed by atoms with Gasteiger partial charge in [0.25, 0.3) is 5.91 Å². The molecule has 2 saturated heterocycles. The Morgan fingerprint density at radius 3 is 2.73 bits per heavy atom. The van der Waals surface area contributed by atoms with E-state index in [9.17, 15) is 13.6 Å². The third kappa shape index (κ3) is 3.92. The van der Waals surface area contributed by atoms with E-state index in [-0.39, 0.29) is 17.5 Å². The van der Waals surface area contributed by atoms with Crippen molar-refractivity contribution in [3.63, 3.8) is 0 Å². The zero-order valence-electron chi connectivity index (χ0n) is 18.6. The predicted molar refractivity (Wildman–Crippen MR) is 121 cm³/mol. The number of fused-ring (bicyclic) bond motifs is 1. The van der Waals surface area contributed by atoms with Gasteiger partial charge in [-0.15, -0.1) is 0 Å². The Hall–Kier alpha value is -3.48. The second-order valence-corrected chi connectivity index (χ2v) is 8.69. The topological polar surface area (TPSA) is 47.4 Å². The van der Waals surface area contributed by atoms with Crippen LogP contribution in [0.5, 0.6) is 5.75 Å². The number of methoxy groups -OCH3 is 1. The first-order chi connectivity index (χ1) is 15.9. The molecule has 1 amide bonds. The van der Waals surface area contributed by atoms with Gasteiger partial charge < -0.3 is 14.2 Å². The molecule has 2 fully saturated rings. The summed E-state index contributed by atoms with van der Waals surface area (Å²) in [5, 5.41) is 0. The van der Waals surface area contributed by atoms with E-state index < -0.39 is 17.7 Å². The van der Waals surface area contributed by atoms with Crippen molar-refractivity contribution in [3.8, 4) is 11.4 Å². The minimum atomic E-state index is -0.490. The summed E-state index contributed by atoms with van der Waals surface area (Å²) in [6, 6.07) is 8.85. The first kappa shape index (κ1) is 21.4. The monoisotopic (exact) mass is 449 g/mol. The average molecular weight is 450 g/mol. The number of imidazole rings is 1. The predicted octanol–water partition coefficient (Wildman–Crippen LogP) is 5.38. The highest BCUT2D eigenvalue weighted by molar-refractivity contribution is 5.99. The van der Waals surface area contributed by atoms with Gasteiger partial charge in [0.1, 0.15) is 17.4 Å². The van der Waals surface area contributed by atoms with Crippen molar-refractivity contribution in [1.82, 2.24) is 14.5 Å². The number of carbonyl (C=O) groups excluding carboxylic acids is 1. The molecule has 2 atom stereocenters. The number of aromatic nitrogens is 2. The molecule has 0 bridgehead atoms. The van der Waals surface area contributed by atoms with Gasteiger partial charge in [-0.05, 0) is 74.6 Å². The van der Waals surface area contributed by atoms with Gasteiger partial charge in [-0.2, -0.15) is 0 Å². The Morgan fingerprint density at radius 1 is 1.12 bits per heavy atom. The average Bonchev–Trinajstić information content (AvgIpc) is 3.44. The van der Waals surface area contributed by atoms with E-state index in [4.69, 9.17) is 4.74 Å². The summed E-state index contributed by atoms with van der Waals surface area (Å²) in [6.45, 7) is 1.92. The van der Waals surface area contributed by atoms with Crippen molar-refractivity contribution in [2.45, 2.75) is 44.7 Å². The molecule has 2 aliphatic rings. The molecule has 3 heterocycles. The van der Waals surface area contributed by atoms with E-state index in [0.29, 0.717) is 24.2 Å². The molecule has 7 heteroatoms. The van der Waals surface area contributed by atoms with E-state index in [1.165, 1.54) is 6.07 Å². The van der Waals surface area contributed by atoms with Gasteiger partial charge in [-0.1, -0.05) is 6.07 Å². The third-order valence-corrected chi connectivity index (χ3v) is 6.61. The molecule has 0 N–H and O–H groups in total. The number of aryl methyl sites for hydroxylation is 1. The maximum absolute atomic E-state index is 14.5. The van der Waals surface area contributed by atoms with Crippen LogP contribution in [0, 0.1) is 18.6 Å². The van der Waals surface area contributed by atoms with Crippen molar-refractivity contribution in [1.29, 1.82) is 0 Å². The SMILES string of the molecule is COc1cc(/C=C2\CC[C@H]3CC[C@@H](c4cc(F)ccc4F)N3C2=O)ccc1-n1cnc(C)c1. The lowest BCUT2D eigenvalue weighted by Crippen LogP contribution is -2.42. The normalized spacial score (nSPS) is 21.5. The van der Waals surface area contributed by atoms with Gasteiger partial charge in [-0.25, -0.2) is 13.8 Å². The highest BCUT2D eigenvalue weighted by Crippen LogP contribution is 2.43. The van der Waals surface area contributed by atoms with Crippen molar-refractivity contribution >= 4 is 12.0 Å². The minimum absolute atomic E-state index is 0.0590. The number of amides is 1. The van der Waals surface area contributed by atoms with Crippen LogP contribution in [0.3, 0.4) is 0 Å². The molecule has 0 aliphatic carbocycles. The standard InChI is InChI=1S/C26H25F2N3O2/c1-16-14-30(15-29-16)24-9-3-17(12-25(24)33-2)11-18-4-6-20-7-10-23(31(20)26(18)32)21-13-19(27)5-8-22(21)28/h3,5,8-9,11-15,20,23H,4,6-7,10H2,1-2H3/b18-11+/t20-,23-/m0/s1. The number of carbonyl (C=O) groups is 1. The van der Waals surface area contributed by atoms with Crippen molar-refractivity contribution in [2.24, 2.45) is 0 Å². The van der Waals surface area contributed by atoms with Crippen LogP contribution < -0.4 is 4.74 Å². The molecule has 0 radical (unpaired) electrons. The number of ether oxygens (including phenoxy) is 1. The summed E-state index contributed by atoms with van der Waals surface area (Å²) < 4.78 is 35.8. The molecule has 3 aromatic rings. The summed E-state index contributed by atoms with van der Waals surface area (Å²) in [6.07, 6.45) is 8.43. The van der Waals surface area contributed by atoms with E-state index >= 15 is 0 Å². The van der Waals surface area contributed by atoms with Gasteiger partial charge >= 0.3 is 0 Å². The zero-order chi connectivity index (χ0) is 23.1. The van der Waals surface area contributed by atoms with Gasteiger partial charge in [0, 0.05) is 23.4 Å². The lowest BCUT2D eigenvalue weighted by atomic mass is 9.95. The van der Waals surface area contributed by atoms with Crippen LogP contribution >= 0.6 is 0 Å². The molecule has 0 unspecified atom stereocenters. The second kappa shape index (κ2) is 8.46. The lowest BCUT2D eigenvalue weighted by Gasteiger charge is -2.35. The minimum Gasteiger partial charge on any atom is -0.495 e. The Morgan fingerprint density at radius 2 is 1.97 bits per heavy atom. The van der Waals surface area contributed by atoms with E-state index in [0.717, 1.165) is 41.9 Å². The summed E-state index contributed by atoms with van der Waals surface area (Å²) in [5.74, 6) is -0.397. The summed E-state index contributed by atoms with van der Waals surface area (Å²) >= 11 is 0. The largest absolute Gasteiger partial charge is 0.495 e. The number of piperidine rings is 1. The molecule has 170 valence electrons. The molecule has 1 aromatic heterocycles. The zero-order valence-corrected chi connectivity index (χ0v) is 18.6. The van der Waals surface area contributed by atoms with Crippen LogP contribution in [-0.2, 0) is 4.79 Å². The molecule has 2 aromatic carbocycles. The lowest BCUT2D eigenvalue weighted by molar-refractivity contribution is -0.131. The van der Waals surface area contributed by atoms with Crippen LogP contribution in [-0.4, -0.2) is 33.5 Å². The molecule has 5 rings (SSSR count). The highest BCUT2D eigenvalue weighted by Gasteiger charge is 2.42. The first-order valence-corrected chi connectivity index (χ1v) is 11.1. The Bertz CT molecular complexity index is 1250. The Kier molecular flexibility index (Phi) is 5.48. The first-order valence-electron chi connectivity index (χ1n) is 11.1. The molecule has 5 nitrogen and oxygen atoms in total. The molecular formula is C26H25F2N3O2. The molecule has 33 heavy (non-hydrogen) atoms. The molecule has 0 saturated carbocycles. The second-order valence-electron chi connectivity index (χ2n) is 8.69. The van der Waals surface area contributed by atoms with Crippen LogP contribution in [0.2, 0.25) is 0 Å². The number of hydrogen-bond acceptors (Lipinski definition) is 3. The smallest absolute Gasteiger partial charge is 0.250 e. The quantitative estimate of drug-likeness (QED) is 0.503. The Balaban J connectivity index is 1.45. The molecule has 0 spiro atoms. The van der Waals surface area contributed by atoms with Crippen LogP contribution in [0.25, 0.3) is 11.8 Å². The van der Waals surface area contributed by atoms with Crippen LogP contribution in [0.1, 0.15) is 48.5 Å². The maximum Gasteiger partial charge on any atom is 0.250 e. The van der Waals surface area contributed by atoms with Crippen molar-refractivity contribution < 1.29 is 18.3 Å². The fourth-order valence-electron chi connectivity index (χ4n) is 5.03. The Labute approximate surface area is 191 Å². The number of nitrogens with zero attached hydrogens (tertiary/aromatic N) is 3. The summed E-state index contributed by atoms with van der Waals surface area (Å²) in [5.41, 5.74) is 3.54. The van der Waals surface area contributed by atoms with Gasteiger partial charge in [-0.3, -0.25) is 4.79 Å². The summed E-state index contributed by atoms with van der Waals surface area (Å²) in [7, 11) is 1.61. The number of hydrogen-bond donors (Lipinski definition) is 0. The van der Waals surface area contributed by atoms with Gasteiger partial charge in [0.15, 0.2) is 0 Å². The fourth-order valence-corrected chi connectivity index (χ4v) is 5.03. The number of rotatable bonds is 4. The van der Waals surface area contributed by atoms with Crippen LogP contribution in [0.4, 0.5) is 8.78 Å². The van der Waals surface area contributed by atoms with Crippen LogP contribution in [0.15, 0.2) is 54.5 Å². The van der Waals surface area contributed by atoms with Crippen molar-refractivity contribution in [2.75, 3.05) is 7.11 Å². The highest BCUT2D eigenvalue weighted by atomic mass is 19.1. The molecular weight excluding hydrogens is 424 g/mol. The maximum atomic E-state index is 14.5.